The van der Waals surface area contributed by atoms with Gasteiger partial charge in [0.2, 0.25) is 0 Å². The Kier molecular flexibility index (Phi) is 6.65. The largest absolute Gasteiger partial charge is 0.457 e. The Labute approximate surface area is 189 Å². The summed E-state index contributed by atoms with van der Waals surface area (Å²) in [4.78, 5) is 12.4. The first-order chi connectivity index (χ1) is 14.6. The lowest BCUT2D eigenvalue weighted by Gasteiger charge is -2.11. The van der Waals surface area contributed by atoms with E-state index in [9.17, 15) is 23.2 Å². The Bertz CT molecular complexity index is 1230. The van der Waals surface area contributed by atoms with E-state index in [1.807, 2.05) is 0 Å². The van der Waals surface area contributed by atoms with Gasteiger partial charge in [-0.1, -0.05) is 34.8 Å². The number of alkyl halides is 3. The number of nitrogens with zero attached hydrogens (tertiary/aromatic N) is 1. The highest BCUT2D eigenvalue weighted by molar-refractivity contribution is 6.36. The second-order valence-corrected chi connectivity index (χ2v) is 7.39. The molecule has 0 atom stereocenters. The van der Waals surface area contributed by atoms with Crippen molar-refractivity contribution >= 4 is 52.5 Å². The van der Waals surface area contributed by atoms with Crippen molar-refractivity contribution in [2.24, 2.45) is 0 Å². The smallest absolute Gasteiger partial charge is 0.416 e. The Balaban J connectivity index is 1.85. The van der Waals surface area contributed by atoms with Crippen LogP contribution in [0.1, 0.15) is 11.3 Å². The molecule has 0 aliphatic rings. The van der Waals surface area contributed by atoms with Gasteiger partial charge < -0.3 is 9.73 Å². The van der Waals surface area contributed by atoms with Gasteiger partial charge in [-0.05, 0) is 48.5 Å². The third-order valence-corrected chi connectivity index (χ3v) is 4.89. The van der Waals surface area contributed by atoms with Crippen LogP contribution in [-0.2, 0) is 11.0 Å². The number of carbonyl (C=O) groups is 1. The number of hydrogen-bond donors (Lipinski definition) is 1. The molecule has 1 heterocycles. The topological polar surface area (TPSA) is 66.0 Å². The number of rotatable bonds is 4. The Morgan fingerprint density at radius 1 is 1.03 bits per heavy atom. The minimum absolute atomic E-state index is 0.115. The van der Waals surface area contributed by atoms with Gasteiger partial charge in [0.15, 0.2) is 0 Å². The predicted octanol–water partition coefficient (Wildman–Crippen LogP) is 7.47. The molecular weight excluding hydrogens is 476 g/mol. The number of benzene rings is 2. The van der Waals surface area contributed by atoms with E-state index in [-0.39, 0.29) is 16.5 Å². The molecule has 4 nitrogen and oxygen atoms in total. The Hall–Kier alpha value is -2.92. The highest BCUT2D eigenvalue weighted by Crippen LogP contribution is 2.34. The summed E-state index contributed by atoms with van der Waals surface area (Å²) in [5.74, 6) is -0.430. The van der Waals surface area contributed by atoms with Gasteiger partial charge >= 0.3 is 6.18 Å². The van der Waals surface area contributed by atoms with Crippen LogP contribution < -0.4 is 5.32 Å². The van der Waals surface area contributed by atoms with Crippen LogP contribution in [0.15, 0.2) is 58.5 Å². The summed E-state index contributed by atoms with van der Waals surface area (Å²) in [5, 5.41) is 12.2. The second kappa shape index (κ2) is 9.06. The molecule has 0 aliphatic heterocycles. The molecule has 0 aliphatic carbocycles. The summed E-state index contributed by atoms with van der Waals surface area (Å²) in [5.41, 5.74) is -1.14. The number of carbonyl (C=O) groups excluding carboxylic acids is 1. The molecule has 1 aromatic heterocycles. The fourth-order valence-electron chi connectivity index (χ4n) is 2.54. The standard InChI is InChI=1S/C21H10Cl3F3N2O2/c22-13-2-4-15(17(24)9-13)19-6-3-14(31-19)7-11(10-28)20(30)29-18-8-12(21(25,26)27)1-5-16(18)23/h1-9H,(H,29,30)/b11-7+. The zero-order valence-electron chi connectivity index (χ0n) is 15.2. The third-order valence-electron chi connectivity index (χ3n) is 4.02. The van der Waals surface area contributed by atoms with Crippen LogP contribution in [0.25, 0.3) is 17.4 Å². The molecule has 0 fully saturated rings. The molecule has 0 saturated carbocycles. The monoisotopic (exact) mass is 484 g/mol. The fraction of sp³-hybridized carbons (Fsp3) is 0.0476. The SMILES string of the molecule is N#C/C(=C\c1ccc(-c2ccc(Cl)cc2Cl)o1)C(=O)Nc1cc(C(F)(F)F)ccc1Cl. The molecule has 158 valence electrons. The number of furan rings is 1. The second-order valence-electron chi connectivity index (χ2n) is 6.14. The van der Waals surface area contributed by atoms with Crippen molar-refractivity contribution < 1.29 is 22.4 Å². The first kappa shape index (κ1) is 22.8. The van der Waals surface area contributed by atoms with E-state index in [1.54, 1.807) is 24.3 Å². The summed E-state index contributed by atoms with van der Waals surface area (Å²) in [6.45, 7) is 0. The zero-order chi connectivity index (χ0) is 22.8. The number of nitrogens with one attached hydrogen (secondary N) is 1. The van der Waals surface area contributed by atoms with Crippen LogP contribution in [0.3, 0.4) is 0 Å². The average molecular weight is 486 g/mol. The van der Waals surface area contributed by atoms with Crippen LogP contribution >= 0.6 is 34.8 Å². The molecule has 2 aromatic carbocycles. The summed E-state index contributed by atoms with van der Waals surface area (Å²) < 4.78 is 44.3. The number of halogens is 6. The number of anilines is 1. The lowest BCUT2D eigenvalue weighted by molar-refractivity contribution is -0.137. The highest BCUT2D eigenvalue weighted by Gasteiger charge is 2.31. The van der Waals surface area contributed by atoms with Crippen molar-refractivity contribution in [3.05, 3.63) is 80.5 Å². The van der Waals surface area contributed by atoms with E-state index in [0.717, 1.165) is 18.2 Å². The van der Waals surface area contributed by atoms with Gasteiger partial charge in [-0.25, -0.2) is 0 Å². The van der Waals surface area contributed by atoms with Crippen LogP contribution in [0, 0.1) is 11.3 Å². The van der Waals surface area contributed by atoms with Crippen LogP contribution in [0.2, 0.25) is 15.1 Å². The fourth-order valence-corrected chi connectivity index (χ4v) is 3.21. The highest BCUT2D eigenvalue weighted by atomic mass is 35.5. The van der Waals surface area contributed by atoms with Crippen molar-refractivity contribution in [3.63, 3.8) is 0 Å². The Morgan fingerprint density at radius 2 is 1.77 bits per heavy atom. The number of hydrogen-bond acceptors (Lipinski definition) is 3. The molecule has 3 aromatic rings. The minimum Gasteiger partial charge on any atom is -0.457 e. The van der Waals surface area contributed by atoms with Crippen molar-refractivity contribution in [1.82, 2.24) is 0 Å². The maximum Gasteiger partial charge on any atom is 0.416 e. The molecule has 0 unspecified atom stereocenters. The van der Waals surface area contributed by atoms with E-state index in [4.69, 9.17) is 39.2 Å². The van der Waals surface area contributed by atoms with E-state index >= 15 is 0 Å². The molecule has 1 N–H and O–H groups in total. The van der Waals surface area contributed by atoms with Gasteiger partial charge in [-0.2, -0.15) is 18.4 Å². The molecule has 0 saturated heterocycles. The molecule has 1 amide bonds. The van der Waals surface area contributed by atoms with Crippen LogP contribution in [-0.4, -0.2) is 5.91 Å². The first-order valence-corrected chi connectivity index (χ1v) is 9.57. The van der Waals surface area contributed by atoms with Crippen LogP contribution in [0.5, 0.6) is 0 Å². The molecule has 3 rings (SSSR count). The average Bonchev–Trinajstić information content (AvgIpc) is 3.15. The molecular formula is C21H10Cl3F3N2O2. The predicted molar refractivity (Wildman–Crippen MR) is 113 cm³/mol. The Morgan fingerprint density at radius 3 is 2.42 bits per heavy atom. The summed E-state index contributed by atoms with van der Waals surface area (Å²) in [6, 6.07) is 12.0. The van der Waals surface area contributed by atoms with Crippen molar-refractivity contribution in [1.29, 1.82) is 5.26 Å². The maximum absolute atomic E-state index is 12.9. The maximum atomic E-state index is 12.9. The van der Waals surface area contributed by atoms with Crippen molar-refractivity contribution in [3.8, 4) is 17.4 Å². The van der Waals surface area contributed by atoms with Gasteiger partial charge in [0.1, 0.15) is 23.2 Å². The molecule has 31 heavy (non-hydrogen) atoms. The quantitative estimate of drug-likeness (QED) is 0.308. The number of nitriles is 1. The molecule has 0 radical (unpaired) electrons. The molecule has 10 heteroatoms. The van der Waals surface area contributed by atoms with Gasteiger partial charge in [0.25, 0.3) is 5.91 Å². The van der Waals surface area contributed by atoms with E-state index in [1.165, 1.54) is 12.1 Å². The number of amides is 1. The first-order valence-electron chi connectivity index (χ1n) is 8.43. The lowest BCUT2D eigenvalue weighted by Crippen LogP contribution is -2.15. The van der Waals surface area contributed by atoms with Gasteiger partial charge in [-0.3, -0.25) is 4.79 Å². The van der Waals surface area contributed by atoms with Crippen molar-refractivity contribution in [2.45, 2.75) is 6.18 Å². The van der Waals surface area contributed by atoms with Crippen molar-refractivity contribution in [2.75, 3.05) is 5.32 Å². The normalized spacial score (nSPS) is 11.8. The lowest BCUT2D eigenvalue weighted by atomic mass is 10.1. The summed E-state index contributed by atoms with van der Waals surface area (Å²) in [7, 11) is 0. The summed E-state index contributed by atoms with van der Waals surface area (Å²) in [6.07, 6.45) is -3.48. The van der Waals surface area contributed by atoms with Gasteiger partial charge in [0.05, 0.1) is 21.3 Å². The minimum atomic E-state index is -4.62. The van der Waals surface area contributed by atoms with Gasteiger partial charge in [0, 0.05) is 16.7 Å². The summed E-state index contributed by atoms with van der Waals surface area (Å²) >= 11 is 17.9. The van der Waals surface area contributed by atoms with E-state index < -0.39 is 23.2 Å². The van der Waals surface area contributed by atoms with Gasteiger partial charge in [-0.15, -0.1) is 0 Å². The zero-order valence-corrected chi connectivity index (χ0v) is 17.5. The van der Waals surface area contributed by atoms with Crippen LogP contribution in [0.4, 0.5) is 18.9 Å². The van der Waals surface area contributed by atoms with E-state index in [2.05, 4.69) is 5.32 Å². The molecule has 0 spiro atoms. The van der Waals surface area contributed by atoms with E-state index in [0.29, 0.717) is 27.4 Å². The molecule has 0 bridgehead atoms. The third kappa shape index (κ3) is 5.42.